The maximum absolute atomic E-state index is 11.4. The molecular weight excluding hydrogens is 246 g/mol. The second-order valence-corrected chi connectivity index (χ2v) is 3.76. The van der Waals surface area contributed by atoms with E-state index in [4.69, 9.17) is 0 Å². The molecule has 0 fully saturated rings. The van der Waals surface area contributed by atoms with Crippen molar-refractivity contribution in [3.63, 3.8) is 0 Å². The molecule has 1 aromatic heterocycles. The molecule has 1 rings (SSSR count). The molecule has 76 valence electrons. The van der Waals surface area contributed by atoms with Gasteiger partial charge < -0.3 is 5.32 Å². The molecule has 0 spiro atoms. The number of nitrogens with one attached hydrogen (secondary N) is 1. The first-order valence-corrected chi connectivity index (χ1v) is 4.96. The van der Waals surface area contributed by atoms with Crippen molar-refractivity contribution in [2.75, 3.05) is 5.32 Å². The summed E-state index contributed by atoms with van der Waals surface area (Å²) < 4.78 is 1.76. The summed E-state index contributed by atoms with van der Waals surface area (Å²) in [4.78, 5) is 11.4. The van der Waals surface area contributed by atoms with Crippen LogP contribution in [-0.4, -0.2) is 15.8 Å². The summed E-state index contributed by atoms with van der Waals surface area (Å²) in [6, 6.07) is 0.0974. The van der Waals surface area contributed by atoms with Crippen LogP contribution in [0.5, 0.6) is 0 Å². The zero-order valence-electron chi connectivity index (χ0n) is 8.12. The predicted octanol–water partition coefficient (Wildman–Crippen LogP) is 1.53. The Morgan fingerprint density at radius 3 is 3.00 bits per heavy atom. The number of aryl methyl sites for hydroxylation is 1. The van der Waals surface area contributed by atoms with E-state index in [0.29, 0.717) is 10.2 Å². The van der Waals surface area contributed by atoms with Crippen molar-refractivity contribution >= 4 is 21.6 Å². The minimum Gasteiger partial charge on any atom is -0.377 e. The van der Waals surface area contributed by atoms with Gasteiger partial charge in [0.05, 0.1) is 11.9 Å². The second kappa shape index (κ2) is 4.41. The summed E-state index contributed by atoms with van der Waals surface area (Å²) in [5.74, 6) is 0. The highest BCUT2D eigenvalue weighted by Gasteiger charge is 2.07. The third kappa shape index (κ3) is 2.23. The summed E-state index contributed by atoms with van der Waals surface area (Å²) in [5.41, 5.74) is 0.520. The Hall–Kier alpha value is -1.10. The molecule has 4 nitrogen and oxygen atoms in total. The molecule has 0 saturated heterocycles. The van der Waals surface area contributed by atoms with Gasteiger partial charge in [-0.3, -0.25) is 4.79 Å². The van der Waals surface area contributed by atoms with Crippen molar-refractivity contribution in [1.29, 1.82) is 0 Å². The van der Waals surface area contributed by atoms with E-state index in [2.05, 4.69) is 32.9 Å². The quantitative estimate of drug-likeness (QED) is 0.836. The van der Waals surface area contributed by atoms with Crippen LogP contribution < -0.4 is 10.9 Å². The smallest absolute Gasteiger partial charge is 0.282 e. The van der Waals surface area contributed by atoms with Crippen LogP contribution in [0.2, 0.25) is 0 Å². The van der Waals surface area contributed by atoms with Crippen LogP contribution in [0.1, 0.15) is 6.92 Å². The number of rotatable bonds is 3. The molecule has 0 radical (unpaired) electrons. The highest BCUT2D eigenvalue weighted by molar-refractivity contribution is 9.10. The number of anilines is 1. The summed E-state index contributed by atoms with van der Waals surface area (Å²) in [6.45, 7) is 5.59. The fourth-order valence-electron chi connectivity index (χ4n) is 0.916. The van der Waals surface area contributed by atoms with Crippen LogP contribution >= 0.6 is 15.9 Å². The molecule has 1 N–H and O–H groups in total. The highest BCUT2D eigenvalue weighted by atomic mass is 79.9. The van der Waals surface area contributed by atoms with E-state index in [-0.39, 0.29) is 11.6 Å². The van der Waals surface area contributed by atoms with Gasteiger partial charge in [0, 0.05) is 13.1 Å². The molecule has 0 aliphatic carbocycles. The number of nitrogens with zero attached hydrogens (tertiary/aromatic N) is 2. The van der Waals surface area contributed by atoms with Crippen LogP contribution in [0.15, 0.2) is 28.1 Å². The lowest BCUT2D eigenvalue weighted by Crippen LogP contribution is -2.23. The number of hydrogen-bond donors (Lipinski definition) is 1. The third-order valence-corrected chi connectivity index (χ3v) is 2.58. The van der Waals surface area contributed by atoms with Gasteiger partial charge in [0.25, 0.3) is 5.56 Å². The van der Waals surface area contributed by atoms with Gasteiger partial charge in [0.1, 0.15) is 4.47 Å². The topological polar surface area (TPSA) is 46.9 Å². The van der Waals surface area contributed by atoms with Gasteiger partial charge in [-0.1, -0.05) is 6.08 Å². The molecule has 0 aromatic carbocycles. The van der Waals surface area contributed by atoms with Crippen LogP contribution in [0.4, 0.5) is 5.69 Å². The molecule has 1 aromatic rings. The van der Waals surface area contributed by atoms with Gasteiger partial charge in [-0.15, -0.1) is 6.58 Å². The number of hydrogen-bond acceptors (Lipinski definition) is 3. The van der Waals surface area contributed by atoms with E-state index in [1.165, 1.54) is 4.68 Å². The molecular formula is C9H12BrN3O. The normalized spacial score (nSPS) is 12.2. The van der Waals surface area contributed by atoms with E-state index in [1.54, 1.807) is 19.3 Å². The Labute approximate surface area is 90.8 Å². The fourth-order valence-corrected chi connectivity index (χ4v) is 1.39. The maximum atomic E-state index is 11.4. The molecule has 1 atom stereocenters. The van der Waals surface area contributed by atoms with Gasteiger partial charge in [-0.05, 0) is 22.9 Å². The third-order valence-electron chi connectivity index (χ3n) is 1.81. The minimum atomic E-state index is -0.161. The molecule has 14 heavy (non-hydrogen) atoms. The first-order chi connectivity index (χ1) is 6.56. The Kier molecular flexibility index (Phi) is 3.46. The van der Waals surface area contributed by atoms with Gasteiger partial charge in [0.2, 0.25) is 0 Å². The fraction of sp³-hybridized carbons (Fsp3) is 0.333. The van der Waals surface area contributed by atoms with E-state index in [1.807, 2.05) is 6.92 Å². The monoisotopic (exact) mass is 257 g/mol. The predicted molar refractivity (Wildman–Crippen MR) is 60.5 cm³/mol. The minimum absolute atomic E-state index is 0.0974. The van der Waals surface area contributed by atoms with Crippen molar-refractivity contribution in [2.24, 2.45) is 7.05 Å². The lowest BCUT2D eigenvalue weighted by atomic mass is 10.3. The Balaban J connectivity index is 3.06. The van der Waals surface area contributed by atoms with Crippen LogP contribution in [0.25, 0.3) is 0 Å². The first kappa shape index (κ1) is 11.0. The first-order valence-electron chi connectivity index (χ1n) is 4.17. The Bertz CT molecular complexity index is 400. The standard InChI is InChI=1S/C9H12BrN3O/c1-4-6(2)12-7-5-11-13(3)9(14)8(7)10/h4-6,12H,1H2,2-3H3. The molecule has 0 bridgehead atoms. The summed E-state index contributed by atoms with van der Waals surface area (Å²) >= 11 is 3.22. The molecule has 0 saturated carbocycles. The van der Waals surface area contributed by atoms with Crippen molar-refractivity contribution in [1.82, 2.24) is 9.78 Å². The van der Waals surface area contributed by atoms with Gasteiger partial charge in [-0.2, -0.15) is 5.10 Å². The van der Waals surface area contributed by atoms with Crippen molar-refractivity contribution in [3.05, 3.63) is 33.7 Å². The van der Waals surface area contributed by atoms with Crippen molar-refractivity contribution < 1.29 is 0 Å². The highest BCUT2D eigenvalue weighted by Crippen LogP contribution is 2.16. The number of aromatic nitrogens is 2. The Morgan fingerprint density at radius 1 is 1.79 bits per heavy atom. The maximum Gasteiger partial charge on any atom is 0.282 e. The zero-order chi connectivity index (χ0) is 10.7. The van der Waals surface area contributed by atoms with Crippen LogP contribution in [0.3, 0.4) is 0 Å². The molecule has 1 unspecified atom stereocenters. The second-order valence-electron chi connectivity index (χ2n) is 2.97. The van der Waals surface area contributed by atoms with Crippen molar-refractivity contribution in [2.45, 2.75) is 13.0 Å². The SMILES string of the molecule is C=CC(C)Nc1cnn(C)c(=O)c1Br. The summed E-state index contributed by atoms with van der Waals surface area (Å²) in [7, 11) is 1.60. The van der Waals surface area contributed by atoms with E-state index in [0.717, 1.165) is 0 Å². The van der Waals surface area contributed by atoms with Gasteiger partial charge in [0.15, 0.2) is 0 Å². The molecule has 0 aliphatic rings. The van der Waals surface area contributed by atoms with E-state index < -0.39 is 0 Å². The zero-order valence-corrected chi connectivity index (χ0v) is 9.71. The molecule has 0 aliphatic heterocycles. The van der Waals surface area contributed by atoms with Crippen molar-refractivity contribution in [3.8, 4) is 0 Å². The largest absolute Gasteiger partial charge is 0.377 e. The summed E-state index contributed by atoms with van der Waals surface area (Å²) in [5, 5.41) is 6.99. The Morgan fingerprint density at radius 2 is 2.43 bits per heavy atom. The van der Waals surface area contributed by atoms with Crippen LogP contribution in [-0.2, 0) is 7.05 Å². The average Bonchev–Trinajstić information content (AvgIpc) is 2.19. The number of halogens is 1. The lowest BCUT2D eigenvalue weighted by Gasteiger charge is -2.11. The van der Waals surface area contributed by atoms with Gasteiger partial charge >= 0.3 is 0 Å². The summed E-state index contributed by atoms with van der Waals surface area (Å²) in [6.07, 6.45) is 3.36. The molecule has 1 heterocycles. The van der Waals surface area contributed by atoms with Gasteiger partial charge in [-0.25, -0.2) is 4.68 Å². The average molecular weight is 258 g/mol. The van der Waals surface area contributed by atoms with E-state index >= 15 is 0 Å². The van der Waals surface area contributed by atoms with Crippen LogP contribution in [0, 0.1) is 0 Å². The van der Waals surface area contributed by atoms with E-state index in [9.17, 15) is 4.79 Å². The molecule has 0 amide bonds. The lowest BCUT2D eigenvalue weighted by molar-refractivity contribution is 0.702. The molecule has 5 heteroatoms.